The molecule has 0 aliphatic rings. The fourth-order valence-corrected chi connectivity index (χ4v) is 9.89. The van der Waals surface area contributed by atoms with Gasteiger partial charge in [-0.2, -0.15) is 0 Å². The molecule has 0 aromatic carbocycles. The van der Waals surface area contributed by atoms with Crippen LogP contribution in [0.5, 0.6) is 0 Å². The highest BCUT2D eigenvalue weighted by molar-refractivity contribution is 7.45. The Hall–Kier alpha value is -5.15. The molecule has 0 saturated heterocycles. The molecule has 0 fully saturated rings. The number of ether oxygens (including phenoxy) is 2. The van der Waals surface area contributed by atoms with Gasteiger partial charge < -0.3 is 27.9 Å². The third-order valence-electron chi connectivity index (χ3n) is 14.6. The molecule has 2 atom stereocenters. The SMILES string of the molecule is CC/C=C\C/C=C\C/C=C\C/C=C\C/C=C\C/C=C\C/C=C\C/C=C\C/C=C\CCCCCCCCCCCCCCCC(=O)OC(COC(=O)CCCCCCC/C=C\C/C=C\C/C=C\C/C=C\C/C=C\C/C=C\C/C=C\CC)COP(=O)([O-])OCC[N+](C)(C)C. The van der Waals surface area contributed by atoms with E-state index in [0.717, 1.165) is 154 Å². The highest BCUT2D eigenvalue weighted by Crippen LogP contribution is 2.38. The van der Waals surface area contributed by atoms with Gasteiger partial charge in [-0.1, -0.05) is 298 Å². The summed E-state index contributed by atoms with van der Waals surface area (Å²) < 4.78 is 34.3. The number of phosphoric acid groups is 1. The van der Waals surface area contributed by atoms with Crippen LogP contribution in [0.1, 0.15) is 258 Å². The highest BCUT2D eigenvalue weighted by Gasteiger charge is 2.22. The second kappa shape index (κ2) is 70.2. The molecule has 518 valence electrons. The number of quaternary nitrogens is 1. The standard InChI is InChI=1S/C82H132NO8P/c1-6-8-10-12-14-16-18-20-22-24-26-28-30-32-34-35-36-37-38-39-40-41-42-43-44-45-46-47-49-51-53-55-57-59-61-63-65-67-69-71-73-75-82(85)91-80(79-90-92(86,87)89-77-76-83(3,4)5)78-88-81(84)74-72-70-68-66-64-62-60-58-56-54-52-50-48-33-31-29-27-25-23-21-19-17-15-13-11-9-7-2/h8-11,14-17,20-23,26-29,32-34,36-37,39-40,42-43,45-46,48,52,54,58,60,80H,6-7,12-13,18-19,24-25,30-31,35,38,41,44,47,49-51,53,55-57,59,61-79H2,1-5H3/b10-8-,11-9-,16-14-,17-15-,22-20-,23-21-,28-26-,29-27-,34-32-,37-36-,40-39-,43-42-,46-45-,48-33-,54-52-,60-58-. The van der Waals surface area contributed by atoms with E-state index in [1.165, 1.54) is 64.2 Å². The molecule has 0 bridgehead atoms. The van der Waals surface area contributed by atoms with E-state index < -0.39 is 32.5 Å². The number of hydrogen-bond acceptors (Lipinski definition) is 8. The van der Waals surface area contributed by atoms with Crippen molar-refractivity contribution in [1.29, 1.82) is 0 Å². The first-order valence-electron chi connectivity index (χ1n) is 36.1. The predicted molar refractivity (Wildman–Crippen MR) is 396 cm³/mol. The van der Waals surface area contributed by atoms with Crippen LogP contribution in [0.25, 0.3) is 0 Å². The van der Waals surface area contributed by atoms with Crippen LogP contribution in [0.4, 0.5) is 0 Å². The summed E-state index contributed by atoms with van der Waals surface area (Å²) in [6.07, 6.45) is 109. The molecule has 0 aliphatic carbocycles. The van der Waals surface area contributed by atoms with Gasteiger partial charge in [-0.05, 0) is 141 Å². The minimum atomic E-state index is -4.66. The third-order valence-corrected chi connectivity index (χ3v) is 15.6. The molecule has 0 aliphatic heterocycles. The van der Waals surface area contributed by atoms with E-state index in [0.29, 0.717) is 23.9 Å². The van der Waals surface area contributed by atoms with Crippen LogP contribution in [0, 0.1) is 0 Å². The van der Waals surface area contributed by atoms with Crippen molar-refractivity contribution in [2.24, 2.45) is 0 Å². The third kappa shape index (κ3) is 73.9. The Kier molecular flexibility index (Phi) is 66.2. The smallest absolute Gasteiger partial charge is 0.306 e. The Balaban J connectivity index is 4.12. The first kappa shape index (κ1) is 86.9. The molecule has 92 heavy (non-hydrogen) atoms. The Morgan fingerprint density at radius 1 is 0.337 bits per heavy atom. The van der Waals surface area contributed by atoms with E-state index in [1.54, 1.807) is 0 Å². The normalized spacial score (nSPS) is 14.3. The maximum atomic E-state index is 12.9. The molecular formula is C82H132NO8P. The van der Waals surface area contributed by atoms with E-state index >= 15 is 0 Å². The van der Waals surface area contributed by atoms with Gasteiger partial charge in [0.05, 0.1) is 27.7 Å². The van der Waals surface area contributed by atoms with E-state index in [1.807, 2.05) is 21.1 Å². The van der Waals surface area contributed by atoms with Crippen molar-refractivity contribution in [3.05, 3.63) is 194 Å². The summed E-state index contributed by atoms with van der Waals surface area (Å²) in [6.45, 7) is 3.97. The number of carbonyl (C=O) groups excluding carboxylic acids is 2. The van der Waals surface area contributed by atoms with Crippen LogP contribution in [-0.4, -0.2) is 70.0 Å². The summed E-state index contributed by atoms with van der Waals surface area (Å²) in [7, 11) is 1.13. The van der Waals surface area contributed by atoms with Gasteiger partial charge in [0.25, 0.3) is 7.82 Å². The summed E-state index contributed by atoms with van der Waals surface area (Å²) in [6, 6.07) is 0. The maximum absolute atomic E-state index is 12.9. The fourth-order valence-electron chi connectivity index (χ4n) is 9.16. The first-order chi connectivity index (χ1) is 45.0. The van der Waals surface area contributed by atoms with Gasteiger partial charge in [0, 0.05) is 12.8 Å². The van der Waals surface area contributed by atoms with Crippen molar-refractivity contribution in [3.63, 3.8) is 0 Å². The summed E-state index contributed by atoms with van der Waals surface area (Å²) in [5.74, 6) is -0.868. The monoisotopic (exact) mass is 1290 g/mol. The van der Waals surface area contributed by atoms with Crippen LogP contribution < -0.4 is 4.89 Å². The molecule has 0 rings (SSSR count). The number of allylic oxidation sites excluding steroid dienone is 32. The second-order valence-electron chi connectivity index (χ2n) is 24.5. The molecule has 0 saturated carbocycles. The van der Waals surface area contributed by atoms with Crippen LogP contribution >= 0.6 is 7.82 Å². The van der Waals surface area contributed by atoms with Crippen molar-refractivity contribution < 1.29 is 42.1 Å². The molecule has 10 heteroatoms. The fraction of sp³-hybridized carbons (Fsp3) is 0.585. The van der Waals surface area contributed by atoms with E-state index in [2.05, 4.69) is 208 Å². The number of esters is 2. The van der Waals surface area contributed by atoms with Gasteiger partial charge in [0.1, 0.15) is 19.8 Å². The number of nitrogens with zero attached hydrogens (tertiary/aromatic N) is 1. The van der Waals surface area contributed by atoms with Crippen molar-refractivity contribution in [3.8, 4) is 0 Å². The zero-order valence-corrected chi connectivity index (χ0v) is 59.8. The zero-order chi connectivity index (χ0) is 66.9. The number of rotatable bonds is 64. The van der Waals surface area contributed by atoms with Gasteiger partial charge in [-0.3, -0.25) is 14.2 Å². The molecular weight excluding hydrogens is 1160 g/mol. The summed E-state index contributed by atoms with van der Waals surface area (Å²) >= 11 is 0. The van der Waals surface area contributed by atoms with Crippen molar-refractivity contribution in [2.45, 2.75) is 264 Å². The number of hydrogen-bond donors (Lipinski definition) is 0. The minimum Gasteiger partial charge on any atom is -0.756 e. The van der Waals surface area contributed by atoms with Crippen molar-refractivity contribution >= 4 is 19.8 Å². The average Bonchev–Trinajstić information content (AvgIpc) is 2.23. The Bertz CT molecular complexity index is 2260. The topological polar surface area (TPSA) is 111 Å². The Labute approximate surface area is 564 Å². The maximum Gasteiger partial charge on any atom is 0.306 e. The molecule has 0 spiro atoms. The predicted octanol–water partition coefficient (Wildman–Crippen LogP) is 23.4. The Morgan fingerprint density at radius 3 is 0.870 bits per heavy atom. The molecule has 0 aromatic heterocycles. The molecule has 0 radical (unpaired) electrons. The van der Waals surface area contributed by atoms with Gasteiger partial charge in [0.2, 0.25) is 0 Å². The van der Waals surface area contributed by atoms with Gasteiger partial charge in [0.15, 0.2) is 6.10 Å². The molecule has 2 unspecified atom stereocenters. The molecule has 0 aromatic rings. The van der Waals surface area contributed by atoms with E-state index in [4.69, 9.17) is 18.5 Å². The number of unbranched alkanes of at least 4 members (excludes halogenated alkanes) is 18. The molecule has 0 N–H and O–H groups in total. The van der Waals surface area contributed by atoms with E-state index in [9.17, 15) is 19.0 Å². The number of phosphoric ester groups is 1. The van der Waals surface area contributed by atoms with Crippen LogP contribution in [0.15, 0.2) is 194 Å². The lowest BCUT2D eigenvalue weighted by molar-refractivity contribution is -0.870. The van der Waals surface area contributed by atoms with Crippen LogP contribution in [0.2, 0.25) is 0 Å². The lowest BCUT2D eigenvalue weighted by Gasteiger charge is -2.28. The van der Waals surface area contributed by atoms with Crippen LogP contribution in [0.3, 0.4) is 0 Å². The van der Waals surface area contributed by atoms with Gasteiger partial charge in [-0.25, -0.2) is 0 Å². The number of likely N-dealkylation sites (N-methyl/N-ethyl adjacent to an activating group) is 1. The largest absolute Gasteiger partial charge is 0.756 e. The number of carbonyl (C=O) groups is 2. The second-order valence-corrected chi connectivity index (χ2v) is 25.9. The average molecular weight is 1290 g/mol. The zero-order valence-electron chi connectivity index (χ0n) is 58.9. The molecule has 9 nitrogen and oxygen atoms in total. The van der Waals surface area contributed by atoms with Gasteiger partial charge >= 0.3 is 11.9 Å². The lowest BCUT2D eigenvalue weighted by atomic mass is 10.0. The van der Waals surface area contributed by atoms with Crippen molar-refractivity contribution in [1.82, 2.24) is 0 Å². The summed E-state index contributed by atoms with van der Waals surface area (Å²) in [5.41, 5.74) is 0. The molecule has 0 heterocycles. The molecule has 0 amide bonds. The minimum absolute atomic E-state index is 0.0442. The first-order valence-corrected chi connectivity index (χ1v) is 37.6. The quantitative estimate of drug-likeness (QED) is 0.0195. The summed E-state index contributed by atoms with van der Waals surface area (Å²) in [5, 5.41) is 0. The summed E-state index contributed by atoms with van der Waals surface area (Å²) in [4.78, 5) is 38.1. The lowest BCUT2D eigenvalue weighted by Crippen LogP contribution is -2.37. The Morgan fingerprint density at radius 2 is 0.587 bits per heavy atom. The van der Waals surface area contributed by atoms with E-state index in [-0.39, 0.29) is 26.1 Å². The van der Waals surface area contributed by atoms with Gasteiger partial charge in [-0.15, -0.1) is 0 Å². The highest BCUT2D eigenvalue weighted by atomic mass is 31.2. The van der Waals surface area contributed by atoms with Crippen LogP contribution in [-0.2, 0) is 32.7 Å². The van der Waals surface area contributed by atoms with Crippen molar-refractivity contribution in [2.75, 3.05) is 47.5 Å².